The smallest absolute Gasteiger partial charge is 0.335 e. The molecule has 0 amide bonds. The molecular weight excluding hydrogens is 276 g/mol. The zero-order chi connectivity index (χ0) is 15.4. The summed E-state index contributed by atoms with van der Waals surface area (Å²) in [5, 5.41) is 11.9. The molecule has 0 radical (unpaired) electrons. The fourth-order valence-electron chi connectivity index (χ4n) is 1.65. The average molecular weight is 290 g/mol. The van der Waals surface area contributed by atoms with Gasteiger partial charge in [-0.2, -0.15) is 4.98 Å². The summed E-state index contributed by atoms with van der Waals surface area (Å²) in [6, 6.07) is 4.41. The normalized spacial score (nSPS) is 10.0. The van der Waals surface area contributed by atoms with Crippen molar-refractivity contribution in [3.63, 3.8) is 0 Å². The number of methoxy groups -OCH3 is 2. The van der Waals surface area contributed by atoms with Crippen molar-refractivity contribution in [1.29, 1.82) is 0 Å². The Morgan fingerprint density at radius 3 is 2.71 bits per heavy atom. The van der Waals surface area contributed by atoms with E-state index in [1.54, 1.807) is 6.07 Å². The van der Waals surface area contributed by atoms with Crippen molar-refractivity contribution in [3.05, 3.63) is 30.0 Å². The number of rotatable bonds is 5. The lowest BCUT2D eigenvalue weighted by atomic mass is 10.2. The van der Waals surface area contributed by atoms with Gasteiger partial charge in [-0.15, -0.1) is 0 Å². The number of nitrogens with two attached hydrogens (primary N) is 1. The molecule has 0 unspecified atom stereocenters. The van der Waals surface area contributed by atoms with Crippen molar-refractivity contribution in [2.75, 3.05) is 25.3 Å². The van der Waals surface area contributed by atoms with Crippen molar-refractivity contribution >= 4 is 23.3 Å². The molecule has 8 heteroatoms. The van der Waals surface area contributed by atoms with Crippen LogP contribution in [0.15, 0.2) is 24.4 Å². The molecule has 1 heterocycles. The maximum absolute atomic E-state index is 10.9. The van der Waals surface area contributed by atoms with Gasteiger partial charge in [-0.25, -0.2) is 9.78 Å². The van der Waals surface area contributed by atoms with E-state index in [-0.39, 0.29) is 17.4 Å². The summed E-state index contributed by atoms with van der Waals surface area (Å²) in [6.07, 6.45) is 1.41. The maximum atomic E-state index is 10.9. The number of anilines is 3. The Hall–Kier alpha value is -3.03. The number of aromatic nitrogens is 2. The number of carboxylic acids is 1. The number of benzene rings is 1. The minimum atomic E-state index is -1.04. The molecule has 0 aliphatic carbocycles. The van der Waals surface area contributed by atoms with Crippen LogP contribution in [0.25, 0.3) is 0 Å². The molecule has 110 valence electrons. The van der Waals surface area contributed by atoms with E-state index in [0.29, 0.717) is 17.1 Å². The zero-order valence-corrected chi connectivity index (χ0v) is 11.5. The highest BCUT2D eigenvalue weighted by atomic mass is 16.5. The molecule has 0 aliphatic heterocycles. The Balaban J connectivity index is 2.33. The number of aromatic carboxylic acids is 1. The molecule has 0 saturated heterocycles. The van der Waals surface area contributed by atoms with Crippen LogP contribution < -0.4 is 20.5 Å². The van der Waals surface area contributed by atoms with Crippen LogP contribution in [0.3, 0.4) is 0 Å². The van der Waals surface area contributed by atoms with Crippen LogP contribution in [-0.4, -0.2) is 35.3 Å². The number of ether oxygens (including phenoxy) is 2. The van der Waals surface area contributed by atoms with Gasteiger partial charge >= 0.3 is 5.97 Å². The molecule has 0 spiro atoms. The molecular formula is C13H14N4O4. The average Bonchev–Trinajstić information content (AvgIpc) is 2.49. The fraction of sp³-hybridized carbons (Fsp3) is 0.154. The Kier molecular flexibility index (Phi) is 4.07. The lowest BCUT2D eigenvalue weighted by molar-refractivity contribution is 0.0696. The number of carbonyl (C=O) groups is 1. The molecule has 4 N–H and O–H groups in total. The lowest BCUT2D eigenvalue weighted by Gasteiger charge is -2.11. The molecule has 21 heavy (non-hydrogen) atoms. The summed E-state index contributed by atoms with van der Waals surface area (Å²) >= 11 is 0. The molecule has 2 rings (SSSR count). The molecule has 0 atom stereocenters. The Morgan fingerprint density at radius 2 is 2.10 bits per heavy atom. The third kappa shape index (κ3) is 3.11. The third-order valence-electron chi connectivity index (χ3n) is 2.67. The summed E-state index contributed by atoms with van der Waals surface area (Å²) in [7, 11) is 2.89. The Labute approximate surface area is 120 Å². The monoisotopic (exact) mass is 290 g/mol. The van der Waals surface area contributed by atoms with Gasteiger partial charge in [0.25, 0.3) is 0 Å². The van der Waals surface area contributed by atoms with Crippen LogP contribution in [0.4, 0.5) is 17.3 Å². The van der Waals surface area contributed by atoms with Crippen LogP contribution in [-0.2, 0) is 0 Å². The van der Waals surface area contributed by atoms with E-state index < -0.39 is 5.97 Å². The van der Waals surface area contributed by atoms with Crippen molar-refractivity contribution < 1.29 is 19.4 Å². The Bertz CT molecular complexity index is 675. The predicted molar refractivity (Wildman–Crippen MR) is 76.2 cm³/mol. The largest absolute Gasteiger partial charge is 0.495 e. The second-order valence-electron chi connectivity index (χ2n) is 4.00. The van der Waals surface area contributed by atoms with Gasteiger partial charge in [-0.05, 0) is 18.2 Å². The van der Waals surface area contributed by atoms with Crippen LogP contribution in [0.1, 0.15) is 10.4 Å². The predicted octanol–water partition coefficient (Wildman–Crippen LogP) is 1.52. The first kappa shape index (κ1) is 14.4. The fourth-order valence-corrected chi connectivity index (χ4v) is 1.65. The summed E-state index contributed by atoms with van der Waals surface area (Å²) < 4.78 is 10.2. The van der Waals surface area contributed by atoms with Crippen LogP contribution >= 0.6 is 0 Å². The zero-order valence-electron chi connectivity index (χ0n) is 11.5. The molecule has 2 aromatic rings. The quantitative estimate of drug-likeness (QED) is 0.758. The van der Waals surface area contributed by atoms with Gasteiger partial charge in [-0.1, -0.05) is 0 Å². The highest BCUT2D eigenvalue weighted by Gasteiger charge is 2.11. The van der Waals surface area contributed by atoms with Crippen molar-refractivity contribution in [1.82, 2.24) is 9.97 Å². The van der Waals surface area contributed by atoms with E-state index in [9.17, 15) is 4.79 Å². The SMILES string of the molecule is COc1cc(C(=O)O)ccc1Nc1ncc(N)c(OC)n1. The molecule has 0 fully saturated rings. The van der Waals surface area contributed by atoms with Crippen molar-refractivity contribution in [2.24, 2.45) is 0 Å². The molecule has 0 aliphatic rings. The van der Waals surface area contributed by atoms with E-state index in [4.69, 9.17) is 20.3 Å². The standard InChI is InChI=1S/C13H14N4O4/c1-20-10-5-7(12(18)19)3-4-9(10)16-13-15-6-8(14)11(17-13)21-2/h3-6H,14H2,1-2H3,(H,18,19)(H,15,16,17). The minimum absolute atomic E-state index is 0.119. The number of nitrogens with zero attached hydrogens (tertiary/aromatic N) is 2. The second kappa shape index (κ2) is 5.95. The van der Waals surface area contributed by atoms with E-state index >= 15 is 0 Å². The van der Waals surface area contributed by atoms with Gasteiger partial charge in [0.1, 0.15) is 11.4 Å². The lowest BCUT2D eigenvalue weighted by Crippen LogP contribution is -2.04. The highest BCUT2D eigenvalue weighted by Crippen LogP contribution is 2.28. The summed E-state index contributed by atoms with van der Waals surface area (Å²) in [5.41, 5.74) is 6.59. The van der Waals surface area contributed by atoms with Gasteiger partial charge in [0.2, 0.25) is 11.8 Å². The highest BCUT2D eigenvalue weighted by molar-refractivity contribution is 5.89. The number of carboxylic acid groups (broad SMARTS) is 1. The maximum Gasteiger partial charge on any atom is 0.335 e. The van der Waals surface area contributed by atoms with Gasteiger partial charge in [0, 0.05) is 0 Å². The summed E-state index contributed by atoms with van der Waals surface area (Å²) in [5.74, 6) is -0.185. The first-order chi connectivity index (χ1) is 10.0. The number of nitrogen functional groups attached to an aromatic ring is 1. The number of hydrogen-bond donors (Lipinski definition) is 3. The van der Waals surface area contributed by atoms with Crippen LogP contribution in [0.2, 0.25) is 0 Å². The number of hydrogen-bond acceptors (Lipinski definition) is 7. The van der Waals surface area contributed by atoms with Crippen LogP contribution in [0, 0.1) is 0 Å². The van der Waals surface area contributed by atoms with Gasteiger partial charge in [-0.3, -0.25) is 0 Å². The summed E-state index contributed by atoms with van der Waals surface area (Å²) in [4.78, 5) is 19.0. The molecule has 0 saturated carbocycles. The molecule has 0 bridgehead atoms. The molecule has 1 aromatic heterocycles. The number of nitrogens with one attached hydrogen (secondary N) is 1. The van der Waals surface area contributed by atoms with E-state index in [1.807, 2.05) is 0 Å². The first-order valence-corrected chi connectivity index (χ1v) is 5.90. The first-order valence-electron chi connectivity index (χ1n) is 5.90. The Morgan fingerprint density at radius 1 is 1.33 bits per heavy atom. The van der Waals surface area contributed by atoms with E-state index in [0.717, 1.165) is 0 Å². The van der Waals surface area contributed by atoms with E-state index in [1.165, 1.54) is 32.5 Å². The topological polar surface area (TPSA) is 120 Å². The van der Waals surface area contributed by atoms with Crippen molar-refractivity contribution in [2.45, 2.75) is 0 Å². The minimum Gasteiger partial charge on any atom is -0.495 e. The van der Waals surface area contributed by atoms with Crippen LogP contribution in [0.5, 0.6) is 11.6 Å². The van der Waals surface area contributed by atoms with Gasteiger partial charge in [0.05, 0.1) is 31.7 Å². The van der Waals surface area contributed by atoms with Gasteiger partial charge in [0.15, 0.2) is 0 Å². The van der Waals surface area contributed by atoms with E-state index in [2.05, 4.69) is 15.3 Å². The summed E-state index contributed by atoms with van der Waals surface area (Å²) in [6.45, 7) is 0. The molecule has 1 aromatic carbocycles. The van der Waals surface area contributed by atoms with Gasteiger partial charge < -0.3 is 25.6 Å². The molecule has 8 nitrogen and oxygen atoms in total. The third-order valence-corrected chi connectivity index (χ3v) is 2.67. The second-order valence-corrected chi connectivity index (χ2v) is 4.00. The van der Waals surface area contributed by atoms with Crippen molar-refractivity contribution in [3.8, 4) is 11.6 Å².